The molecule has 1 aromatic rings. The minimum Gasteiger partial charge on any atom is -0.306 e. The van der Waals surface area contributed by atoms with E-state index in [2.05, 4.69) is 44.0 Å². The van der Waals surface area contributed by atoms with Gasteiger partial charge >= 0.3 is 0 Å². The summed E-state index contributed by atoms with van der Waals surface area (Å²) in [5.41, 5.74) is 4.49. The third-order valence-corrected chi connectivity index (χ3v) is 6.20. The first-order valence-corrected chi connectivity index (χ1v) is 8.89. The molecule has 1 saturated heterocycles. The number of hydrogen-bond acceptors (Lipinski definition) is 1. The van der Waals surface area contributed by atoms with Crippen molar-refractivity contribution in [1.29, 1.82) is 0 Å². The Morgan fingerprint density at radius 2 is 1.43 bits per heavy atom. The highest BCUT2D eigenvalue weighted by molar-refractivity contribution is 5.32. The van der Waals surface area contributed by atoms with E-state index < -0.39 is 0 Å². The molecule has 0 N–H and O–H groups in total. The second-order valence-corrected chi connectivity index (χ2v) is 7.60. The summed E-state index contributed by atoms with van der Waals surface area (Å²) in [5.74, 6) is 2.86. The Labute approximate surface area is 130 Å². The molecule has 2 fully saturated rings. The molecule has 1 nitrogen and oxygen atoms in total. The van der Waals surface area contributed by atoms with Crippen molar-refractivity contribution in [2.24, 2.45) is 11.8 Å². The van der Waals surface area contributed by atoms with E-state index in [1.807, 2.05) is 0 Å². The number of benzene rings is 1. The van der Waals surface area contributed by atoms with Crippen LogP contribution in [-0.2, 0) is 0 Å². The molecule has 1 aromatic carbocycles. The standard InChI is InChI=1S/C20H31N/c1-15-4-5-20(14-16(15)2)18-8-6-17(7-9-18)19-10-12-21(3)13-11-19/h4-5,14,17-19H,6-13H2,1-3H3. The smallest absolute Gasteiger partial charge is 0.00190 e. The molecule has 1 saturated carbocycles. The monoisotopic (exact) mass is 285 g/mol. The second-order valence-electron chi connectivity index (χ2n) is 7.60. The van der Waals surface area contributed by atoms with Gasteiger partial charge in [0.05, 0.1) is 0 Å². The van der Waals surface area contributed by atoms with Crippen LogP contribution in [0.4, 0.5) is 0 Å². The van der Waals surface area contributed by atoms with E-state index in [9.17, 15) is 0 Å². The SMILES string of the molecule is Cc1ccc(C2CCC(C3CCN(C)CC3)CC2)cc1C. The average Bonchev–Trinajstić information content (AvgIpc) is 2.51. The van der Waals surface area contributed by atoms with Gasteiger partial charge in [0.1, 0.15) is 0 Å². The first-order valence-electron chi connectivity index (χ1n) is 8.89. The third-order valence-electron chi connectivity index (χ3n) is 6.20. The molecular formula is C20H31N. The third kappa shape index (κ3) is 3.51. The molecule has 0 atom stereocenters. The fourth-order valence-corrected chi connectivity index (χ4v) is 4.44. The molecular weight excluding hydrogens is 254 g/mol. The summed E-state index contributed by atoms with van der Waals surface area (Å²) >= 11 is 0. The molecule has 116 valence electrons. The van der Waals surface area contributed by atoms with Crippen molar-refractivity contribution in [2.75, 3.05) is 20.1 Å². The van der Waals surface area contributed by atoms with Gasteiger partial charge in [-0.25, -0.2) is 0 Å². The topological polar surface area (TPSA) is 3.24 Å². The Morgan fingerprint density at radius 3 is 2.05 bits per heavy atom. The second kappa shape index (κ2) is 6.52. The zero-order valence-electron chi connectivity index (χ0n) is 14.1. The number of piperidine rings is 1. The highest BCUT2D eigenvalue weighted by atomic mass is 15.1. The molecule has 2 aliphatic rings. The molecule has 1 heteroatoms. The summed E-state index contributed by atoms with van der Waals surface area (Å²) in [6, 6.07) is 7.13. The van der Waals surface area contributed by atoms with Crippen molar-refractivity contribution in [3.63, 3.8) is 0 Å². The number of nitrogens with zero attached hydrogens (tertiary/aromatic N) is 1. The lowest BCUT2D eigenvalue weighted by atomic mass is 9.71. The Kier molecular flexibility index (Phi) is 4.69. The van der Waals surface area contributed by atoms with E-state index in [4.69, 9.17) is 0 Å². The lowest BCUT2D eigenvalue weighted by Gasteiger charge is -2.38. The van der Waals surface area contributed by atoms with E-state index in [0.717, 1.165) is 17.8 Å². The van der Waals surface area contributed by atoms with Gasteiger partial charge < -0.3 is 4.90 Å². The Hall–Kier alpha value is -0.820. The van der Waals surface area contributed by atoms with E-state index in [-0.39, 0.29) is 0 Å². The van der Waals surface area contributed by atoms with Gasteiger partial charge in [0.25, 0.3) is 0 Å². The molecule has 1 heterocycles. The molecule has 0 radical (unpaired) electrons. The van der Waals surface area contributed by atoms with Crippen LogP contribution in [0.5, 0.6) is 0 Å². The quantitative estimate of drug-likeness (QED) is 0.745. The van der Waals surface area contributed by atoms with Crippen LogP contribution in [0.1, 0.15) is 61.1 Å². The molecule has 0 unspecified atom stereocenters. The lowest BCUT2D eigenvalue weighted by Crippen LogP contribution is -2.34. The van der Waals surface area contributed by atoms with Crippen LogP contribution in [-0.4, -0.2) is 25.0 Å². The fraction of sp³-hybridized carbons (Fsp3) is 0.700. The van der Waals surface area contributed by atoms with Crippen molar-refractivity contribution >= 4 is 0 Å². The van der Waals surface area contributed by atoms with Crippen molar-refractivity contribution in [3.8, 4) is 0 Å². The van der Waals surface area contributed by atoms with Crippen LogP contribution in [0.25, 0.3) is 0 Å². The number of aryl methyl sites for hydroxylation is 2. The van der Waals surface area contributed by atoms with Crippen molar-refractivity contribution < 1.29 is 0 Å². The first-order chi connectivity index (χ1) is 10.1. The normalized spacial score (nSPS) is 28.7. The van der Waals surface area contributed by atoms with E-state index in [1.54, 1.807) is 5.56 Å². The van der Waals surface area contributed by atoms with E-state index >= 15 is 0 Å². The maximum atomic E-state index is 2.50. The first kappa shape index (κ1) is 15.1. The summed E-state index contributed by atoms with van der Waals surface area (Å²) < 4.78 is 0. The van der Waals surface area contributed by atoms with E-state index in [1.165, 1.54) is 62.7 Å². The lowest BCUT2D eigenvalue weighted by molar-refractivity contribution is 0.139. The highest BCUT2D eigenvalue weighted by Crippen LogP contribution is 2.41. The highest BCUT2D eigenvalue weighted by Gasteiger charge is 2.29. The molecule has 21 heavy (non-hydrogen) atoms. The van der Waals surface area contributed by atoms with Gasteiger partial charge in [0.15, 0.2) is 0 Å². The summed E-state index contributed by atoms with van der Waals surface area (Å²) in [6.07, 6.45) is 8.64. The van der Waals surface area contributed by atoms with Crippen molar-refractivity contribution in [3.05, 3.63) is 34.9 Å². The van der Waals surface area contributed by atoms with Gasteiger partial charge in [0.2, 0.25) is 0 Å². The molecule has 0 bridgehead atoms. The molecule has 0 spiro atoms. The van der Waals surface area contributed by atoms with Crippen molar-refractivity contribution in [1.82, 2.24) is 4.90 Å². The summed E-state index contributed by atoms with van der Waals surface area (Å²) in [4.78, 5) is 2.50. The van der Waals surface area contributed by atoms with Crippen LogP contribution < -0.4 is 0 Å². The van der Waals surface area contributed by atoms with Crippen LogP contribution in [0.2, 0.25) is 0 Å². The van der Waals surface area contributed by atoms with Gasteiger partial charge in [-0.2, -0.15) is 0 Å². The molecule has 1 aliphatic carbocycles. The maximum Gasteiger partial charge on any atom is -0.00190 e. The van der Waals surface area contributed by atoms with Crippen LogP contribution in [0.3, 0.4) is 0 Å². The van der Waals surface area contributed by atoms with Crippen LogP contribution in [0.15, 0.2) is 18.2 Å². The Bertz CT molecular complexity index is 463. The van der Waals surface area contributed by atoms with Crippen molar-refractivity contribution in [2.45, 2.75) is 58.3 Å². The van der Waals surface area contributed by atoms with Gasteiger partial charge in [-0.05, 0) is 107 Å². The number of likely N-dealkylation sites (tertiary alicyclic amines) is 1. The molecule has 1 aliphatic heterocycles. The minimum atomic E-state index is 0.826. The number of hydrogen-bond donors (Lipinski definition) is 0. The van der Waals surface area contributed by atoms with Gasteiger partial charge in [-0.1, -0.05) is 18.2 Å². The Morgan fingerprint density at radius 1 is 0.810 bits per heavy atom. The predicted molar refractivity (Wildman–Crippen MR) is 90.8 cm³/mol. The molecule has 3 rings (SSSR count). The maximum absolute atomic E-state index is 2.50. The predicted octanol–water partition coefficient (Wildman–Crippen LogP) is 4.92. The summed E-state index contributed by atoms with van der Waals surface area (Å²) in [7, 11) is 2.27. The number of rotatable bonds is 2. The Balaban J connectivity index is 1.56. The van der Waals surface area contributed by atoms with Gasteiger partial charge in [-0.3, -0.25) is 0 Å². The largest absolute Gasteiger partial charge is 0.306 e. The molecule has 0 aromatic heterocycles. The zero-order chi connectivity index (χ0) is 14.8. The van der Waals surface area contributed by atoms with Crippen LogP contribution >= 0.6 is 0 Å². The average molecular weight is 285 g/mol. The van der Waals surface area contributed by atoms with Gasteiger partial charge in [0, 0.05) is 0 Å². The minimum absolute atomic E-state index is 0.826. The van der Waals surface area contributed by atoms with Gasteiger partial charge in [-0.15, -0.1) is 0 Å². The summed E-state index contributed by atoms with van der Waals surface area (Å²) in [5, 5.41) is 0. The zero-order valence-corrected chi connectivity index (χ0v) is 14.1. The van der Waals surface area contributed by atoms with Crippen LogP contribution in [0, 0.1) is 25.7 Å². The van der Waals surface area contributed by atoms with E-state index in [0.29, 0.717) is 0 Å². The molecule has 0 amide bonds. The fourth-order valence-electron chi connectivity index (χ4n) is 4.44. The summed E-state index contributed by atoms with van der Waals surface area (Å²) in [6.45, 7) is 7.11.